The predicted molar refractivity (Wildman–Crippen MR) is 62.1 cm³/mol. The van der Waals surface area contributed by atoms with Crippen molar-refractivity contribution in [1.82, 2.24) is 0 Å². The summed E-state index contributed by atoms with van der Waals surface area (Å²) in [5, 5.41) is 0. The van der Waals surface area contributed by atoms with Gasteiger partial charge in [0.2, 0.25) is 0 Å². The standard InChI is InChI=1S/C10H10BrN.ClH/c11-9-3-4-10-7(5-9)1-2-8(10)6-12;/h2-5H,1,6,12H2;1H. The molecule has 0 heterocycles. The monoisotopic (exact) mass is 259 g/mol. The lowest BCUT2D eigenvalue weighted by Gasteiger charge is -2.02. The van der Waals surface area contributed by atoms with Gasteiger partial charge in [0.1, 0.15) is 0 Å². The molecule has 0 aliphatic heterocycles. The second-order valence-corrected chi connectivity index (χ2v) is 3.85. The minimum atomic E-state index is 0. The van der Waals surface area contributed by atoms with Gasteiger partial charge in [0, 0.05) is 11.0 Å². The zero-order chi connectivity index (χ0) is 8.55. The minimum Gasteiger partial charge on any atom is -0.326 e. The Bertz CT molecular complexity index is 347. The largest absolute Gasteiger partial charge is 0.326 e. The maximum absolute atomic E-state index is 5.61. The van der Waals surface area contributed by atoms with Gasteiger partial charge in [0.15, 0.2) is 0 Å². The van der Waals surface area contributed by atoms with Crippen LogP contribution in [0, 0.1) is 0 Å². The van der Waals surface area contributed by atoms with E-state index in [9.17, 15) is 0 Å². The van der Waals surface area contributed by atoms with Crippen LogP contribution in [0.1, 0.15) is 11.1 Å². The van der Waals surface area contributed by atoms with E-state index in [2.05, 4.69) is 40.2 Å². The summed E-state index contributed by atoms with van der Waals surface area (Å²) in [5.41, 5.74) is 9.58. The molecule has 2 N–H and O–H groups in total. The van der Waals surface area contributed by atoms with Crippen LogP contribution in [0.25, 0.3) is 5.57 Å². The molecule has 1 nitrogen and oxygen atoms in total. The summed E-state index contributed by atoms with van der Waals surface area (Å²) in [4.78, 5) is 0. The molecule has 0 spiro atoms. The third kappa shape index (κ3) is 1.96. The van der Waals surface area contributed by atoms with Gasteiger partial charge in [0.05, 0.1) is 0 Å². The van der Waals surface area contributed by atoms with Crippen LogP contribution in [0.5, 0.6) is 0 Å². The fraction of sp³-hybridized carbons (Fsp3) is 0.200. The first-order valence-electron chi connectivity index (χ1n) is 3.99. The van der Waals surface area contributed by atoms with Gasteiger partial charge in [0.25, 0.3) is 0 Å². The van der Waals surface area contributed by atoms with E-state index in [1.807, 2.05) is 0 Å². The van der Waals surface area contributed by atoms with Crippen molar-refractivity contribution in [1.29, 1.82) is 0 Å². The lowest BCUT2D eigenvalue weighted by Crippen LogP contribution is -2.00. The van der Waals surface area contributed by atoms with Gasteiger partial charge < -0.3 is 5.73 Å². The summed E-state index contributed by atoms with van der Waals surface area (Å²) in [6.07, 6.45) is 3.23. The molecule has 0 saturated carbocycles. The van der Waals surface area contributed by atoms with Gasteiger partial charge in [-0.1, -0.05) is 28.1 Å². The molecule has 0 amide bonds. The molecular formula is C10H11BrClN. The molecular weight excluding hydrogens is 249 g/mol. The molecule has 2 rings (SSSR count). The van der Waals surface area contributed by atoms with E-state index >= 15 is 0 Å². The summed E-state index contributed by atoms with van der Waals surface area (Å²) in [7, 11) is 0. The van der Waals surface area contributed by atoms with Crippen LogP contribution in [0.15, 0.2) is 28.7 Å². The predicted octanol–water partition coefficient (Wildman–Crippen LogP) is 2.77. The van der Waals surface area contributed by atoms with Crippen LogP contribution in [0.3, 0.4) is 0 Å². The number of halogens is 2. The van der Waals surface area contributed by atoms with Crippen LogP contribution in [0.2, 0.25) is 0 Å². The highest BCUT2D eigenvalue weighted by Crippen LogP contribution is 2.28. The van der Waals surface area contributed by atoms with E-state index in [-0.39, 0.29) is 12.4 Å². The van der Waals surface area contributed by atoms with E-state index in [0.29, 0.717) is 6.54 Å². The number of rotatable bonds is 1. The zero-order valence-corrected chi connectivity index (χ0v) is 9.49. The van der Waals surface area contributed by atoms with Crippen molar-refractivity contribution < 1.29 is 0 Å². The molecule has 0 unspecified atom stereocenters. The number of allylic oxidation sites excluding steroid dienone is 1. The van der Waals surface area contributed by atoms with E-state index in [1.54, 1.807) is 0 Å². The molecule has 0 saturated heterocycles. The highest BCUT2D eigenvalue weighted by atomic mass is 79.9. The highest BCUT2D eigenvalue weighted by Gasteiger charge is 2.11. The molecule has 13 heavy (non-hydrogen) atoms. The Morgan fingerprint density at radius 3 is 2.85 bits per heavy atom. The van der Waals surface area contributed by atoms with Crippen LogP contribution in [0.4, 0.5) is 0 Å². The van der Waals surface area contributed by atoms with Crippen molar-refractivity contribution in [2.75, 3.05) is 6.54 Å². The Hall–Kier alpha value is -0.310. The minimum absolute atomic E-state index is 0. The SMILES string of the molecule is Cl.NCC1=CCc2cc(Br)ccc21. The molecule has 0 bridgehead atoms. The summed E-state index contributed by atoms with van der Waals surface area (Å²) < 4.78 is 1.15. The Balaban J connectivity index is 0.000000845. The van der Waals surface area contributed by atoms with E-state index < -0.39 is 0 Å². The summed E-state index contributed by atoms with van der Waals surface area (Å²) in [6.45, 7) is 0.647. The maximum Gasteiger partial charge on any atom is 0.0181 e. The number of hydrogen-bond donors (Lipinski definition) is 1. The molecule has 70 valence electrons. The number of nitrogens with two attached hydrogens (primary N) is 1. The first-order chi connectivity index (χ1) is 5.81. The Kier molecular flexibility index (Phi) is 3.54. The summed E-state index contributed by atoms with van der Waals surface area (Å²) in [6, 6.07) is 6.35. The quantitative estimate of drug-likeness (QED) is 0.825. The normalized spacial score (nSPS) is 13.2. The first-order valence-corrected chi connectivity index (χ1v) is 4.78. The van der Waals surface area contributed by atoms with Gasteiger partial charge in [-0.05, 0) is 35.3 Å². The lowest BCUT2D eigenvalue weighted by atomic mass is 10.1. The molecule has 0 atom stereocenters. The third-order valence-electron chi connectivity index (χ3n) is 2.20. The van der Waals surface area contributed by atoms with Crippen LogP contribution in [-0.2, 0) is 6.42 Å². The topological polar surface area (TPSA) is 26.0 Å². The van der Waals surface area contributed by atoms with Gasteiger partial charge in [-0.15, -0.1) is 12.4 Å². The van der Waals surface area contributed by atoms with Crippen molar-refractivity contribution in [3.05, 3.63) is 39.9 Å². The fourth-order valence-electron chi connectivity index (χ4n) is 1.58. The third-order valence-corrected chi connectivity index (χ3v) is 2.69. The Morgan fingerprint density at radius 2 is 2.15 bits per heavy atom. The second-order valence-electron chi connectivity index (χ2n) is 2.94. The molecule has 1 aliphatic carbocycles. The zero-order valence-electron chi connectivity index (χ0n) is 7.09. The maximum atomic E-state index is 5.61. The first kappa shape index (κ1) is 10.8. The van der Waals surface area contributed by atoms with Gasteiger partial charge >= 0.3 is 0 Å². The molecule has 0 fully saturated rings. The van der Waals surface area contributed by atoms with E-state index in [1.165, 1.54) is 16.7 Å². The van der Waals surface area contributed by atoms with Gasteiger partial charge in [-0.2, -0.15) is 0 Å². The summed E-state index contributed by atoms with van der Waals surface area (Å²) in [5.74, 6) is 0. The van der Waals surface area contributed by atoms with Crippen molar-refractivity contribution in [2.45, 2.75) is 6.42 Å². The smallest absolute Gasteiger partial charge is 0.0181 e. The highest BCUT2D eigenvalue weighted by molar-refractivity contribution is 9.10. The van der Waals surface area contributed by atoms with Crippen LogP contribution < -0.4 is 5.73 Å². The van der Waals surface area contributed by atoms with Crippen molar-refractivity contribution in [3.63, 3.8) is 0 Å². The number of fused-ring (bicyclic) bond motifs is 1. The average Bonchev–Trinajstić information content (AvgIpc) is 2.46. The molecule has 3 heteroatoms. The van der Waals surface area contributed by atoms with Gasteiger partial charge in [-0.3, -0.25) is 0 Å². The van der Waals surface area contributed by atoms with Crippen molar-refractivity contribution in [3.8, 4) is 0 Å². The van der Waals surface area contributed by atoms with Crippen LogP contribution >= 0.6 is 28.3 Å². The Morgan fingerprint density at radius 1 is 1.38 bits per heavy atom. The van der Waals surface area contributed by atoms with Crippen molar-refractivity contribution in [2.24, 2.45) is 5.73 Å². The second kappa shape index (κ2) is 4.27. The van der Waals surface area contributed by atoms with E-state index in [0.717, 1.165) is 10.9 Å². The summed E-state index contributed by atoms with van der Waals surface area (Å²) >= 11 is 3.45. The lowest BCUT2D eigenvalue weighted by molar-refractivity contribution is 1.27. The molecule has 1 aromatic carbocycles. The molecule has 0 radical (unpaired) electrons. The number of hydrogen-bond acceptors (Lipinski definition) is 1. The molecule has 1 aliphatic rings. The number of benzene rings is 1. The van der Waals surface area contributed by atoms with Gasteiger partial charge in [-0.25, -0.2) is 0 Å². The Labute approximate surface area is 92.6 Å². The fourth-order valence-corrected chi connectivity index (χ4v) is 1.99. The van der Waals surface area contributed by atoms with Crippen LogP contribution in [-0.4, -0.2) is 6.54 Å². The van der Waals surface area contributed by atoms with E-state index in [4.69, 9.17) is 5.73 Å². The van der Waals surface area contributed by atoms with Crippen molar-refractivity contribution >= 4 is 33.9 Å². The molecule has 0 aromatic heterocycles. The average molecular weight is 261 g/mol. The molecule has 1 aromatic rings.